The lowest BCUT2D eigenvalue weighted by Crippen LogP contribution is -2.28. The fourth-order valence-electron chi connectivity index (χ4n) is 2.42. The predicted octanol–water partition coefficient (Wildman–Crippen LogP) is 1.63. The molecule has 1 aliphatic rings. The van der Waals surface area contributed by atoms with Crippen molar-refractivity contribution in [1.82, 2.24) is 15.6 Å². The molecule has 0 aromatic carbocycles. The Morgan fingerprint density at radius 3 is 3.10 bits per heavy atom. The van der Waals surface area contributed by atoms with E-state index in [9.17, 15) is 4.79 Å². The van der Waals surface area contributed by atoms with Crippen molar-refractivity contribution in [2.75, 3.05) is 25.0 Å². The highest BCUT2D eigenvalue weighted by Gasteiger charge is 2.16. The minimum Gasteiger partial charge on any atom is -0.367 e. The van der Waals surface area contributed by atoms with Crippen LogP contribution in [-0.2, 0) is 0 Å². The zero-order valence-electron chi connectivity index (χ0n) is 12.3. The van der Waals surface area contributed by atoms with E-state index in [1.165, 1.54) is 6.42 Å². The van der Waals surface area contributed by atoms with Crippen molar-refractivity contribution in [3.63, 3.8) is 0 Å². The van der Waals surface area contributed by atoms with E-state index >= 15 is 0 Å². The van der Waals surface area contributed by atoms with E-state index in [2.05, 4.69) is 20.9 Å². The van der Waals surface area contributed by atoms with Gasteiger partial charge in [0.1, 0.15) is 5.82 Å². The van der Waals surface area contributed by atoms with Gasteiger partial charge in [0.2, 0.25) is 0 Å². The van der Waals surface area contributed by atoms with Crippen LogP contribution in [0, 0.1) is 5.92 Å². The van der Waals surface area contributed by atoms with Crippen molar-refractivity contribution in [3.05, 3.63) is 23.9 Å². The first-order chi connectivity index (χ1) is 9.66. The van der Waals surface area contributed by atoms with Crippen LogP contribution in [0.5, 0.6) is 0 Å². The molecule has 0 radical (unpaired) electrons. The fraction of sp³-hybridized carbons (Fsp3) is 0.600. The second-order valence-corrected chi connectivity index (χ2v) is 5.60. The molecule has 1 fully saturated rings. The average Bonchev–Trinajstić information content (AvgIpc) is 2.91. The Morgan fingerprint density at radius 1 is 1.55 bits per heavy atom. The Balaban J connectivity index is 1.87. The monoisotopic (exact) mass is 276 g/mol. The molecule has 1 aliphatic heterocycles. The summed E-state index contributed by atoms with van der Waals surface area (Å²) in [5, 5.41) is 9.54. The third kappa shape index (κ3) is 4.20. The number of aromatic nitrogens is 1. The van der Waals surface area contributed by atoms with Crippen LogP contribution in [0.3, 0.4) is 0 Å². The number of hydrogen-bond acceptors (Lipinski definition) is 4. The first-order valence-electron chi connectivity index (χ1n) is 7.37. The Morgan fingerprint density at radius 2 is 2.40 bits per heavy atom. The summed E-state index contributed by atoms with van der Waals surface area (Å²) in [4.78, 5) is 16.5. The number of amides is 1. The largest absolute Gasteiger partial charge is 0.367 e. The number of rotatable bonds is 6. The van der Waals surface area contributed by atoms with E-state index in [-0.39, 0.29) is 11.9 Å². The molecule has 3 N–H and O–H groups in total. The van der Waals surface area contributed by atoms with Gasteiger partial charge in [-0.05, 0) is 57.8 Å². The molecule has 110 valence electrons. The van der Waals surface area contributed by atoms with Gasteiger partial charge in [-0.3, -0.25) is 4.79 Å². The molecule has 5 nitrogen and oxygen atoms in total. The highest BCUT2D eigenvalue weighted by atomic mass is 16.1. The molecular weight excluding hydrogens is 252 g/mol. The Hall–Kier alpha value is -1.62. The van der Waals surface area contributed by atoms with Crippen LogP contribution in [0.25, 0.3) is 0 Å². The predicted molar refractivity (Wildman–Crippen MR) is 80.9 cm³/mol. The average molecular weight is 276 g/mol. The van der Waals surface area contributed by atoms with Crippen LogP contribution in [0.1, 0.15) is 37.0 Å². The number of carbonyl (C=O) groups excluding carboxylic acids is 1. The molecule has 1 amide bonds. The van der Waals surface area contributed by atoms with E-state index in [0.29, 0.717) is 17.3 Å². The third-order valence-electron chi connectivity index (χ3n) is 3.48. The Labute approximate surface area is 120 Å². The van der Waals surface area contributed by atoms with Gasteiger partial charge >= 0.3 is 0 Å². The molecule has 20 heavy (non-hydrogen) atoms. The molecule has 5 heteroatoms. The summed E-state index contributed by atoms with van der Waals surface area (Å²) in [6, 6.07) is 3.85. The van der Waals surface area contributed by atoms with Crippen molar-refractivity contribution in [2.45, 2.75) is 32.7 Å². The van der Waals surface area contributed by atoms with Gasteiger partial charge in [-0.15, -0.1) is 0 Å². The highest BCUT2D eigenvalue weighted by Crippen LogP contribution is 2.14. The third-order valence-corrected chi connectivity index (χ3v) is 3.48. The van der Waals surface area contributed by atoms with Crippen molar-refractivity contribution < 1.29 is 4.79 Å². The van der Waals surface area contributed by atoms with E-state index in [4.69, 9.17) is 0 Å². The lowest BCUT2D eigenvalue weighted by Gasteiger charge is -2.14. The van der Waals surface area contributed by atoms with Crippen molar-refractivity contribution in [2.24, 2.45) is 5.92 Å². The second-order valence-electron chi connectivity index (χ2n) is 5.60. The summed E-state index contributed by atoms with van der Waals surface area (Å²) in [6.45, 7) is 6.96. The number of nitrogens with one attached hydrogen (secondary N) is 3. The molecule has 0 bridgehead atoms. The van der Waals surface area contributed by atoms with Crippen LogP contribution < -0.4 is 16.0 Å². The number of hydrogen-bond donors (Lipinski definition) is 3. The van der Waals surface area contributed by atoms with Crippen LogP contribution in [-0.4, -0.2) is 36.6 Å². The highest BCUT2D eigenvalue weighted by molar-refractivity contribution is 5.98. The van der Waals surface area contributed by atoms with Gasteiger partial charge < -0.3 is 16.0 Å². The maximum Gasteiger partial charge on any atom is 0.255 e. The number of nitrogens with zero attached hydrogens (tertiary/aromatic N) is 1. The molecule has 0 saturated carbocycles. The van der Waals surface area contributed by atoms with Crippen molar-refractivity contribution in [3.8, 4) is 0 Å². The molecule has 0 aliphatic carbocycles. The van der Waals surface area contributed by atoms with Gasteiger partial charge in [0.25, 0.3) is 5.91 Å². The van der Waals surface area contributed by atoms with E-state index < -0.39 is 0 Å². The van der Waals surface area contributed by atoms with Gasteiger partial charge in [0, 0.05) is 18.8 Å². The molecule has 0 spiro atoms. The van der Waals surface area contributed by atoms with Gasteiger partial charge in [-0.25, -0.2) is 4.98 Å². The minimum absolute atomic E-state index is 0.0489. The van der Waals surface area contributed by atoms with Crippen molar-refractivity contribution in [1.29, 1.82) is 0 Å². The topological polar surface area (TPSA) is 66.0 Å². The molecule has 1 aromatic heterocycles. The fourth-order valence-corrected chi connectivity index (χ4v) is 2.42. The van der Waals surface area contributed by atoms with Crippen LogP contribution >= 0.6 is 0 Å². The van der Waals surface area contributed by atoms with E-state index in [1.54, 1.807) is 12.3 Å². The summed E-state index contributed by atoms with van der Waals surface area (Å²) in [5.74, 6) is 1.30. The normalized spacial score (nSPS) is 18.2. The quantitative estimate of drug-likeness (QED) is 0.739. The Kier molecular flexibility index (Phi) is 5.35. The van der Waals surface area contributed by atoms with Crippen LogP contribution in [0.4, 0.5) is 5.82 Å². The number of anilines is 1. The molecule has 1 aromatic rings. The first-order valence-corrected chi connectivity index (χ1v) is 7.37. The molecule has 1 unspecified atom stereocenters. The lowest BCUT2D eigenvalue weighted by atomic mass is 10.1. The van der Waals surface area contributed by atoms with Gasteiger partial charge in [0.15, 0.2) is 0 Å². The van der Waals surface area contributed by atoms with E-state index in [1.807, 2.05) is 19.9 Å². The first kappa shape index (κ1) is 14.8. The minimum atomic E-state index is -0.0489. The smallest absolute Gasteiger partial charge is 0.255 e. The summed E-state index contributed by atoms with van der Waals surface area (Å²) in [7, 11) is 0. The van der Waals surface area contributed by atoms with E-state index in [0.717, 1.165) is 26.1 Å². The van der Waals surface area contributed by atoms with Crippen molar-refractivity contribution >= 4 is 11.7 Å². The maximum absolute atomic E-state index is 12.2. The second kappa shape index (κ2) is 7.24. The summed E-state index contributed by atoms with van der Waals surface area (Å²) >= 11 is 0. The van der Waals surface area contributed by atoms with Gasteiger partial charge in [0.05, 0.1) is 5.56 Å². The van der Waals surface area contributed by atoms with Crippen LogP contribution in [0.15, 0.2) is 18.3 Å². The molecule has 2 rings (SSSR count). The number of carbonyl (C=O) groups is 1. The summed E-state index contributed by atoms with van der Waals surface area (Å²) in [5.41, 5.74) is 0.616. The number of pyridine rings is 1. The SMILES string of the molecule is CC(C)Nc1ncccc1C(=O)NCCC1CCNC1. The lowest BCUT2D eigenvalue weighted by molar-refractivity contribution is 0.0952. The standard InChI is InChI=1S/C15H24N4O/c1-11(2)19-14-13(4-3-7-17-14)15(20)18-9-6-12-5-8-16-10-12/h3-4,7,11-12,16H,5-6,8-10H2,1-2H3,(H,17,19)(H,18,20). The molecule has 1 saturated heterocycles. The van der Waals surface area contributed by atoms with Gasteiger partial charge in [-0.2, -0.15) is 0 Å². The van der Waals surface area contributed by atoms with Gasteiger partial charge in [-0.1, -0.05) is 0 Å². The zero-order valence-corrected chi connectivity index (χ0v) is 12.3. The molecule has 2 heterocycles. The zero-order chi connectivity index (χ0) is 14.4. The molecular formula is C15H24N4O. The maximum atomic E-state index is 12.2. The summed E-state index contributed by atoms with van der Waals surface area (Å²) in [6.07, 6.45) is 3.94. The summed E-state index contributed by atoms with van der Waals surface area (Å²) < 4.78 is 0. The molecule has 1 atom stereocenters. The van der Waals surface area contributed by atoms with Crippen LogP contribution in [0.2, 0.25) is 0 Å². The Bertz CT molecular complexity index is 441.